The molecule has 0 spiro atoms. The Morgan fingerprint density at radius 2 is 2.25 bits per heavy atom. The molecule has 5 heteroatoms. The standard InChI is InChI=1S/C15H21N3O2/c1-2-15(7-4-8-17-10-15)14(20)18-12-6-3-5-11(9-12)13(16)19/h3,5-6,9,17H,2,4,7-8,10H2,1H3,(H2,16,19)(H,18,20). The van der Waals surface area contributed by atoms with Crippen molar-refractivity contribution in [2.75, 3.05) is 18.4 Å². The summed E-state index contributed by atoms with van der Waals surface area (Å²) >= 11 is 0. The zero-order chi connectivity index (χ0) is 14.6. The SMILES string of the molecule is CCC1(C(=O)Nc2cccc(C(N)=O)c2)CCCNC1. The van der Waals surface area contributed by atoms with Gasteiger partial charge in [-0.15, -0.1) is 0 Å². The molecule has 20 heavy (non-hydrogen) atoms. The summed E-state index contributed by atoms with van der Waals surface area (Å²) in [5, 5.41) is 6.20. The third-order valence-electron chi connectivity index (χ3n) is 4.04. The van der Waals surface area contributed by atoms with Gasteiger partial charge < -0.3 is 16.4 Å². The van der Waals surface area contributed by atoms with Crippen LogP contribution >= 0.6 is 0 Å². The van der Waals surface area contributed by atoms with E-state index in [1.54, 1.807) is 24.3 Å². The van der Waals surface area contributed by atoms with Crippen LogP contribution in [0.2, 0.25) is 0 Å². The van der Waals surface area contributed by atoms with Crippen LogP contribution in [0.15, 0.2) is 24.3 Å². The normalized spacial score (nSPS) is 22.2. The average molecular weight is 275 g/mol. The summed E-state index contributed by atoms with van der Waals surface area (Å²) in [5.74, 6) is -0.487. The number of amides is 2. The van der Waals surface area contributed by atoms with Gasteiger partial charge >= 0.3 is 0 Å². The number of benzene rings is 1. The van der Waals surface area contributed by atoms with Crippen LogP contribution in [-0.2, 0) is 4.79 Å². The molecule has 1 aromatic carbocycles. The number of hydrogen-bond donors (Lipinski definition) is 3. The Bertz CT molecular complexity index is 508. The summed E-state index contributed by atoms with van der Waals surface area (Å²) in [7, 11) is 0. The molecule has 1 fully saturated rings. The first-order valence-corrected chi connectivity index (χ1v) is 6.99. The Hall–Kier alpha value is -1.88. The van der Waals surface area contributed by atoms with E-state index >= 15 is 0 Å². The van der Waals surface area contributed by atoms with Crippen LogP contribution in [-0.4, -0.2) is 24.9 Å². The topological polar surface area (TPSA) is 84.2 Å². The van der Waals surface area contributed by atoms with Crippen molar-refractivity contribution < 1.29 is 9.59 Å². The van der Waals surface area contributed by atoms with Crippen molar-refractivity contribution in [1.82, 2.24) is 5.32 Å². The second-order valence-corrected chi connectivity index (χ2v) is 5.31. The van der Waals surface area contributed by atoms with Gasteiger partial charge in [-0.25, -0.2) is 0 Å². The van der Waals surface area contributed by atoms with Crippen molar-refractivity contribution in [3.05, 3.63) is 29.8 Å². The number of hydrogen-bond acceptors (Lipinski definition) is 3. The zero-order valence-corrected chi connectivity index (χ0v) is 11.7. The summed E-state index contributed by atoms with van der Waals surface area (Å²) in [6.07, 6.45) is 2.68. The summed E-state index contributed by atoms with van der Waals surface area (Å²) in [5.41, 5.74) is 5.90. The van der Waals surface area contributed by atoms with Crippen LogP contribution < -0.4 is 16.4 Å². The van der Waals surface area contributed by atoms with E-state index in [0.717, 1.165) is 25.8 Å². The maximum Gasteiger partial charge on any atom is 0.248 e. The fraction of sp³-hybridized carbons (Fsp3) is 0.467. The zero-order valence-electron chi connectivity index (χ0n) is 11.7. The molecule has 5 nitrogen and oxygen atoms in total. The molecular formula is C15H21N3O2. The Labute approximate surface area is 118 Å². The van der Waals surface area contributed by atoms with Gasteiger partial charge in [0.2, 0.25) is 11.8 Å². The number of carbonyl (C=O) groups excluding carboxylic acids is 2. The lowest BCUT2D eigenvalue weighted by Crippen LogP contribution is -2.47. The fourth-order valence-electron chi connectivity index (χ4n) is 2.64. The molecule has 1 aliphatic rings. The summed E-state index contributed by atoms with van der Waals surface area (Å²) in [6, 6.07) is 6.73. The number of nitrogens with one attached hydrogen (secondary N) is 2. The third-order valence-corrected chi connectivity index (χ3v) is 4.04. The van der Waals surface area contributed by atoms with Crippen molar-refractivity contribution in [2.45, 2.75) is 26.2 Å². The largest absolute Gasteiger partial charge is 0.366 e. The summed E-state index contributed by atoms with van der Waals surface area (Å²) < 4.78 is 0. The lowest BCUT2D eigenvalue weighted by atomic mass is 9.77. The lowest BCUT2D eigenvalue weighted by Gasteiger charge is -2.35. The second kappa shape index (κ2) is 6.05. The minimum absolute atomic E-state index is 0.00817. The Balaban J connectivity index is 2.14. The van der Waals surface area contributed by atoms with Gasteiger partial charge in [-0.3, -0.25) is 9.59 Å². The van der Waals surface area contributed by atoms with Crippen LogP contribution in [0.25, 0.3) is 0 Å². The van der Waals surface area contributed by atoms with Crippen molar-refractivity contribution in [2.24, 2.45) is 11.1 Å². The molecule has 0 bridgehead atoms. The Kier molecular flexibility index (Phi) is 4.39. The number of rotatable bonds is 4. The molecule has 0 aliphatic carbocycles. The van der Waals surface area contributed by atoms with Crippen molar-refractivity contribution in [3.63, 3.8) is 0 Å². The van der Waals surface area contributed by atoms with E-state index in [1.165, 1.54) is 0 Å². The van der Waals surface area contributed by atoms with E-state index in [1.807, 2.05) is 6.92 Å². The highest BCUT2D eigenvalue weighted by molar-refractivity contribution is 5.98. The maximum atomic E-state index is 12.5. The second-order valence-electron chi connectivity index (χ2n) is 5.31. The van der Waals surface area contributed by atoms with Gasteiger partial charge in [0.15, 0.2) is 0 Å². The highest BCUT2D eigenvalue weighted by Gasteiger charge is 2.37. The first-order valence-electron chi connectivity index (χ1n) is 6.99. The lowest BCUT2D eigenvalue weighted by molar-refractivity contribution is -0.126. The third kappa shape index (κ3) is 2.99. The molecule has 0 radical (unpaired) electrons. The molecule has 108 valence electrons. The quantitative estimate of drug-likeness (QED) is 0.778. The molecule has 1 saturated heterocycles. The predicted molar refractivity (Wildman–Crippen MR) is 78.4 cm³/mol. The molecule has 1 atom stereocenters. The van der Waals surface area contributed by atoms with Crippen LogP contribution in [0.1, 0.15) is 36.5 Å². The molecule has 2 rings (SSSR count). The van der Waals surface area contributed by atoms with Crippen LogP contribution in [0.5, 0.6) is 0 Å². The Morgan fingerprint density at radius 3 is 2.85 bits per heavy atom. The van der Waals surface area contributed by atoms with Gasteiger partial charge in [-0.2, -0.15) is 0 Å². The van der Waals surface area contributed by atoms with E-state index in [2.05, 4.69) is 10.6 Å². The van der Waals surface area contributed by atoms with E-state index in [-0.39, 0.29) is 11.3 Å². The first kappa shape index (κ1) is 14.5. The highest BCUT2D eigenvalue weighted by atomic mass is 16.2. The van der Waals surface area contributed by atoms with E-state index < -0.39 is 5.91 Å². The molecule has 1 unspecified atom stereocenters. The van der Waals surface area contributed by atoms with Gasteiger partial charge in [0.1, 0.15) is 0 Å². The smallest absolute Gasteiger partial charge is 0.248 e. The molecule has 4 N–H and O–H groups in total. The minimum atomic E-state index is -0.495. The molecule has 1 aromatic rings. The van der Waals surface area contributed by atoms with Crippen molar-refractivity contribution in [3.8, 4) is 0 Å². The van der Waals surface area contributed by atoms with Gasteiger partial charge in [0.05, 0.1) is 5.41 Å². The van der Waals surface area contributed by atoms with E-state index in [0.29, 0.717) is 17.8 Å². The molecular weight excluding hydrogens is 254 g/mol. The van der Waals surface area contributed by atoms with Crippen molar-refractivity contribution >= 4 is 17.5 Å². The molecule has 1 heterocycles. The number of primary amides is 1. The monoisotopic (exact) mass is 275 g/mol. The summed E-state index contributed by atoms with van der Waals surface area (Å²) in [4.78, 5) is 23.7. The Morgan fingerprint density at radius 1 is 1.45 bits per heavy atom. The van der Waals surface area contributed by atoms with Crippen molar-refractivity contribution in [1.29, 1.82) is 0 Å². The molecule has 2 amide bonds. The van der Waals surface area contributed by atoms with Crippen LogP contribution in [0.3, 0.4) is 0 Å². The first-order chi connectivity index (χ1) is 9.57. The number of nitrogens with two attached hydrogens (primary N) is 1. The average Bonchev–Trinajstić information content (AvgIpc) is 2.48. The van der Waals surface area contributed by atoms with Crippen LogP contribution in [0.4, 0.5) is 5.69 Å². The minimum Gasteiger partial charge on any atom is -0.366 e. The number of piperidine rings is 1. The van der Waals surface area contributed by atoms with Gasteiger partial charge in [-0.1, -0.05) is 13.0 Å². The van der Waals surface area contributed by atoms with E-state index in [9.17, 15) is 9.59 Å². The molecule has 0 saturated carbocycles. The number of carbonyl (C=O) groups is 2. The fourth-order valence-corrected chi connectivity index (χ4v) is 2.64. The molecule has 0 aromatic heterocycles. The van der Waals surface area contributed by atoms with Crippen LogP contribution in [0, 0.1) is 5.41 Å². The van der Waals surface area contributed by atoms with E-state index in [4.69, 9.17) is 5.73 Å². The predicted octanol–water partition coefficient (Wildman–Crippen LogP) is 1.50. The van der Waals surface area contributed by atoms with Gasteiger partial charge in [0, 0.05) is 17.8 Å². The van der Waals surface area contributed by atoms with Gasteiger partial charge in [-0.05, 0) is 44.0 Å². The maximum absolute atomic E-state index is 12.5. The molecule has 1 aliphatic heterocycles. The summed E-state index contributed by atoms with van der Waals surface area (Å²) in [6.45, 7) is 3.70. The number of anilines is 1. The van der Waals surface area contributed by atoms with Gasteiger partial charge in [0.25, 0.3) is 0 Å². The highest BCUT2D eigenvalue weighted by Crippen LogP contribution is 2.31.